The molecule has 0 fully saturated rings. The van der Waals surface area contributed by atoms with Crippen LogP contribution in [-0.2, 0) is 4.74 Å². The van der Waals surface area contributed by atoms with E-state index in [0.717, 1.165) is 5.56 Å². The zero-order valence-electron chi connectivity index (χ0n) is 7.41. The number of ether oxygens (including phenoxy) is 1. The molecular weight excluding hydrogens is 166 g/mol. The molecule has 3 heteroatoms. The van der Waals surface area contributed by atoms with E-state index in [2.05, 4.69) is 16.6 Å². The van der Waals surface area contributed by atoms with Crippen LogP contribution in [0.5, 0.6) is 0 Å². The molecule has 1 amide bonds. The third-order valence-electron chi connectivity index (χ3n) is 1.60. The lowest BCUT2D eigenvalue weighted by atomic mass is 10.2. The Morgan fingerprint density at radius 1 is 1.54 bits per heavy atom. The molecule has 0 saturated heterocycles. The Bertz CT molecular complexity index is 320. The highest BCUT2D eigenvalue weighted by Gasteiger charge is 2.02. The molecule has 1 aromatic rings. The molecule has 0 atom stereocenters. The van der Waals surface area contributed by atoms with Crippen LogP contribution in [0.4, 0.5) is 10.5 Å². The van der Waals surface area contributed by atoms with Crippen molar-refractivity contribution in [3.63, 3.8) is 0 Å². The van der Waals surface area contributed by atoms with Crippen LogP contribution in [0, 0.1) is 0 Å². The lowest BCUT2D eigenvalue weighted by molar-refractivity contribution is 0.187. The molecule has 0 heterocycles. The van der Waals surface area contributed by atoms with Crippen molar-refractivity contribution in [1.29, 1.82) is 0 Å². The van der Waals surface area contributed by atoms with E-state index in [9.17, 15) is 4.79 Å². The van der Waals surface area contributed by atoms with E-state index in [1.54, 1.807) is 12.1 Å². The van der Waals surface area contributed by atoms with E-state index in [4.69, 9.17) is 0 Å². The van der Waals surface area contributed by atoms with Gasteiger partial charge in [0.25, 0.3) is 0 Å². The molecule has 0 bridgehead atoms. The number of rotatable bonds is 2. The van der Waals surface area contributed by atoms with Gasteiger partial charge in [-0.2, -0.15) is 0 Å². The van der Waals surface area contributed by atoms with Crippen molar-refractivity contribution in [2.75, 3.05) is 12.4 Å². The van der Waals surface area contributed by atoms with Crippen LogP contribution < -0.4 is 5.32 Å². The number of hydrogen-bond donors (Lipinski definition) is 1. The van der Waals surface area contributed by atoms with Gasteiger partial charge in [-0.05, 0) is 11.6 Å². The van der Waals surface area contributed by atoms with Crippen LogP contribution in [-0.4, -0.2) is 13.2 Å². The second-order valence-electron chi connectivity index (χ2n) is 2.41. The van der Waals surface area contributed by atoms with Crippen molar-refractivity contribution in [2.24, 2.45) is 0 Å². The van der Waals surface area contributed by atoms with Crippen LogP contribution in [0.15, 0.2) is 30.8 Å². The van der Waals surface area contributed by atoms with Gasteiger partial charge in [0.15, 0.2) is 0 Å². The highest BCUT2D eigenvalue weighted by atomic mass is 16.5. The first-order valence-electron chi connectivity index (χ1n) is 3.84. The van der Waals surface area contributed by atoms with Gasteiger partial charge in [0.2, 0.25) is 0 Å². The Kier molecular flexibility index (Phi) is 3.09. The molecule has 1 rings (SSSR count). The van der Waals surface area contributed by atoms with Crippen molar-refractivity contribution >= 4 is 17.9 Å². The Labute approximate surface area is 77.0 Å². The van der Waals surface area contributed by atoms with Gasteiger partial charge < -0.3 is 4.74 Å². The number of nitrogens with one attached hydrogen (secondary N) is 1. The third-order valence-corrected chi connectivity index (χ3v) is 1.60. The molecule has 1 N–H and O–H groups in total. The summed E-state index contributed by atoms with van der Waals surface area (Å²) in [6.45, 7) is 3.63. The summed E-state index contributed by atoms with van der Waals surface area (Å²) in [6, 6.07) is 7.35. The summed E-state index contributed by atoms with van der Waals surface area (Å²) in [5.74, 6) is 0. The number of hydrogen-bond acceptors (Lipinski definition) is 2. The van der Waals surface area contributed by atoms with Gasteiger partial charge in [-0.1, -0.05) is 30.9 Å². The van der Waals surface area contributed by atoms with Crippen LogP contribution in [0.1, 0.15) is 5.56 Å². The second kappa shape index (κ2) is 4.30. The van der Waals surface area contributed by atoms with E-state index in [-0.39, 0.29) is 0 Å². The Morgan fingerprint density at radius 3 is 2.85 bits per heavy atom. The molecule has 1 aromatic carbocycles. The van der Waals surface area contributed by atoms with Gasteiger partial charge >= 0.3 is 6.09 Å². The van der Waals surface area contributed by atoms with Gasteiger partial charge in [0, 0.05) is 0 Å². The number of anilines is 1. The Hall–Kier alpha value is -1.77. The minimum absolute atomic E-state index is 0.478. The highest BCUT2D eigenvalue weighted by Crippen LogP contribution is 2.15. The lowest BCUT2D eigenvalue weighted by Gasteiger charge is -2.06. The molecule has 0 aliphatic rings. The Balaban J connectivity index is 2.87. The molecule has 13 heavy (non-hydrogen) atoms. The first-order chi connectivity index (χ1) is 6.27. The van der Waals surface area contributed by atoms with Crippen molar-refractivity contribution in [3.05, 3.63) is 36.4 Å². The van der Waals surface area contributed by atoms with Crippen LogP contribution in [0.3, 0.4) is 0 Å². The minimum atomic E-state index is -0.478. The maximum Gasteiger partial charge on any atom is 0.411 e. The van der Waals surface area contributed by atoms with Crippen molar-refractivity contribution in [3.8, 4) is 0 Å². The van der Waals surface area contributed by atoms with Crippen molar-refractivity contribution in [1.82, 2.24) is 0 Å². The molecule has 0 spiro atoms. The van der Waals surface area contributed by atoms with E-state index in [0.29, 0.717) is 5.69 Å². The van der Waals surface area contributed by atoms with E-state index < -0.39 is 6.09 Å². The fourth-order valence-electron chi connectivity index (χ4n) is 0.950. The second-order valence-corrected chi connectivity index (χ2v) is 2.41. The molecule has 68 valence electrons. The number of benzene rings is 1. The van der Waals surface area contributed by atoms with E-state index in [1.165, 1.54) is 7.11 Å². The van der Waals surface area contributed by atoms with Gasteiger partial charge in [-0.15, -0.1) is 0 Å². The summed E-state index contributed by atoms with van der Waals surface area (Å²) < 4.78 is 4.47. The molecule has 0 aromatic heterocycles. The average molecular weight is 177 g/mol. The molecule has 3 nitrogen and oxygen atoms in total. The standard InChI is InChI=1S/C10H11NO2/c1-3-8-6-4-5-7-9(8)11-10(12)13-2/h3-7H,1H2,2H3,(H,11,12). The molecule has 0 unspecified atom stereocenters. The first kappa shape index (κ1) is 9.32. The summed E-state index contributed by atoms with van der Waals surface area (Å²) in [6.07, 6.45) is 1.19. The zero-order valence-corrected chi connectivity index (χ0v) is 7.41. The smallest absolute Gasteiger partial charge is 0.411 e. The van der Waals surface area contributed by atoms with Gasteiger partial charge in [-0.25, -0.2) is 4.79 Å². The average Bonchev–Trinajstić information content (AvgIpc) is 2.18. The van der Waals surface area contributed by atoms with Crippen molar-refractivity contribution in [2.45, 2.75) is 0 Å². The number of amides is 1. The maximum absolute atomic E-state index is 10.9. The number of para-hydroxylation sites is 1. The summed E-state index contributed by atoms with van der Waals surface area (Å²) in [4.78, 5) is 10.9. The van der Waals surface area contributed by atoms with Crippen LogP contribution in [0.25, 0.3) is 6.08 Å². The third kappa shape index (κ3) is 2.33. The fourth-order valence-corrected chi connectivity index (χ4v) is 0.950. The first-order valence-corrected chi connectivity index (χ1v) is 3.84. The molecule has 0 aliphatic heterocycles. The zero-order chi connectivity index (χ0) is 9.68. The highest BCUT2D eigenvalue weighted by molar-refractivity contribution is 5.87. The SMILES string of the molecule is C=Cc1ccccc1NC(=O)OC. The largest absolute Gasteiger partial charge is 0.453 e. The fraction of sp³-hybridized carbons (Fsp3) is 0.100. The number of carbonyl (C=O) groups is 1. The molecule has 0 saturated carbocycles. The van der Waals surface area contributed by atoms with Gasteiger partial charge in [0.05, 0.1) is 12.8 Å². The number of carbonyl (C=O) groups excluding carboxylic acids is 1. The number of methoxy groups -OCH3 is 1. The lowest BCUT2D eigenvalue weighted by Crippen LogP contribution is -2.11. The quantitative estimate of drug-likeness (QED) is 0.753. The molecular formula is C10H11NO2. The molecule has 0 aliphatic carbocycles. The summed E-state index contributed by atoms with van der Waals surface area (Å²) in [5.41, 5.74) is 1.57. The maximum atomic E-state index is 10.9. The summed E-state index contributed by atoms with van der Waals surface area (Å²) in [7, 11) is 1.33. The molecule has 0 radical (unpaired) electrons. The summed E-state index contributed by atoms with van der Waals surface area (Å²) in [5, 5.41) is 2.58. The van der Waals surface area contributed by atoms with E-state index >= 15 is 0 Å². The van der Waals surface area contributed by atoms with Crippen LogP contribution in [0.2, 0.25) is 0 Å². The Morgan fingerprint density at radius 2 is 2.23 bits per heavy atom. The normalized spacial score (nSPS) is 9.00. The van der Waals surface area contributed by atoms with Crippen molar-refractivity contribution < 1.29 is 9.53 Å². The van der Waals surface area contributed by atoms with Gasteiger partial charge in [-0.3, -0.25) is 5.32 Å². The van der Waals surface area contributed by atoms with Crippen LogP contribution >= 0.6 is 0 Å². The topological polar surface area (TPSA) is 38.3 Å². The predicted octanol–water partition coefficient (Wildman–Crippen LogP) is 2.51. The van der Waals surface area contributed by atoms with Gasteiger partial charge in [0.1, 0.15) is 0 Å². The monoisotopic (exact) mass is 177 g/mol. The summed E-state index contributed by atoms with van der Waals surface area (Å²) >= 11 is 0. The predicted molar refractivity (Wildman–Crippen MR) is 52.6 cm³/mol. The van der Waals surface area contributed by atoms with E-state index in [1.807, 2.05) is 18.2 Å². The minimum Gasteiger partial charge on any atom is -0.453 e.